The lowest BCUT2D eigenvalue weighted by Crippen LogP contribution is -2.30. The summed E-state index contributed by atoms with van der Waals surface area (Å²) in [4.78, 5) is 38.0. The van der Waals surface area contributed by atoms with Gasteiger partial charge in [0.05, 0.1) is 0 Å². The quantitative estimate of drug-likeness (QED) is 0.0262. The third-order valence-corrected chi connectivity index (χ3v) is 10.9. The fraction of sp³-hybridized carbons (Fsp3) is 0.732. The Kier molecular flexibility index (Phi) is 47.9. The molecular formula is C56H96O6. The fourth-order valence-corrected chi connectivity index (χ4v) is 7.05. The number of carbonyl (C=O) groups excluding carboxylic acids is 3. The van der Waals surface area contributed by atoms with E-state index in [1.54, 1.807) is 0 Å². The van der Waals surface area contributed by atoms with E-state index < -0.39 is 6.10 Å². The lowest BCUT2D eigenvalue weighted by atomic mass is 10.0. The second kappa shape index (κ2) is 50.5. The van der Waals surface area contributed by atoms with Crippen LogP contribution in [0.25, 0.3) is 0 Å². The van der Waals surface area contributed by atoms with Crippen molar-refractivity contribution in [2.24, 2.45) is 0 Å². The summed E-state index contributed by atoms with van der Waals surface area (Å²) in [6.45, 7) is 6.46. The number of allylic oxidation sites excluding steroid dienone is 12. The van der Waals surface area contributed by atoms with Crippen molar-refractivity contribution in [3.63, 3.8) is 0 Å². The molecule has 0 heterocycles. The summed E-state index contributed by atoms with van der Waals surface area (Å²) in [7, 11) is 0. The molecule has 0 bridgehead atoms. The summed E-state index contributed by atoms with van der Waals surface area (Å²) in [5.74, 6) is -0.924. The normalized spacial score (nSPS) is 12.6. The summed E-state index contributed by atoms with van der Waals surface area (Å²) >= 11 is 0. The van der Waals surface area contributed by atoms with Crippen LogP contribution in [0, 0.1) is 0 Å². The molecule has 0 aromatic rings. The standard InChI is InChI=1S/C56H96O6/c1-4-7-10-13-16-19-22-25-27-28-30-31-34-37-40-43-46-49-55(58)61-52-53(51-60-54(57)48-45-42-39-36-33-24-21-18-15-12-9-6-3)62-56(59)50-47-44-41-38-35-32-29-26-23-20-17-14-11-8-5-2/h7,10,16-17,19-20,25-27,29-31,53H,4-6,8-9,11-15,18,21-24,28,32-52H2,1-3H3/b10-7-,19-16-,20-17-,27-25-,29-26-,31-30-. The zero-order valence-corrected chi connectivity index (χ0v) is 40.6. The molecule has 0 spiro atoms. The maximum Gasteiger partial charge on any atom is 0.306 e. The third-order valence-electron chi connectivity index (χ3n) is 10.9. The van der Waals surface area contributed by atoms with Gasteiger partial charge < -0.3 is 14.2 Å². The number of rotatable bonds is 46. The minimum atomic E-state index is -0.790. The number of ether oxygens (including phenoxy) is 3. The smallest absolute Gasteiger partial charge is 0.306 e. The minimum absolute atomic E-state index is 0.0877. The van der Waals surface area contributed by atoms with Crippen molar-refractivity contribution < 1.29 is 28.6 Å². The predicted molar refractivity (Wildman–Crippen MR) is 265 cm³/mol. The molecular weight excluding hydrogens is 769 g/mol. The van der Waals surface area contributed by atoms with Crippen LogP contribution < -0.4 is 0 Å². The first-order valence-corrected chi connectivity index (χ1v) is 25.9. The molecule has 356 valence electrons. The number of hydrogen-bond acceptors (Lipinski definition) is 6. The molecule has 0 aromatic heterocycles. The van der Waals surface area contributed by atoms with E-state index in [4.69, 9.17) is 14.2 Å². The lowest BCUT2D eigenvalue weighted by molar-refractivity contribution is -0.167. The van der Waals surface area contributed by atoms with Gasteiger partial charge >= 0.3 is 17.9 Å². The van der Waals surface area contributed by atoms with E-state index in [0.29, 0.717) is 19.3 Å². The van der Waals surface area contributed by atoms with E-state index in [1.807, 2.05) is 0 Å². The predicted octanol–water partition coefficient (Wildman–Crippen LogP) is 17.0. The topological polar surface area (TPSA) is 78.9 Å². The van der Waals surface area contributed by atoms with E-state index in [9.17, 15) is 14.4 Å². The Morgan fingerprint density at radius 2 is 0.629 bits per heavy atom. The van der Waals surface area contributed by atoms with Crippen LogP contribution in [0.4, 0.5) is 0 Å². The first-order chi connectivity index (χ1) is 30.5. The zero-order chi connectivity index (χ0) is 45.1. The minimum Gasteiger partial charge on any atom is -0.462 e. The van der Waals surface area contributed by atoms with Crippen LogP contribution in [0.1, 0.15) is 245 Å². The van der Waals surface area contributed by atoms with Crippen molar-refractivity contribution in [1.82, 2.24) is 0 Å². The Labute approximate surface area is 382 Å². The lowest BCUT2D eigenvalue weighted by Gasteiger charge is -2.18. The molecule has 0 aliphatic heterocycles. The number of esters is 3. The van der Waals surface area contributed by atoms with E-state index in [0.717, 1.165) is 122 Å². The molecule has 0 fully saturated rings. The van der Waals surface area contributed by atoms with Crippen molar-refractivity contribution in [2.75, 3.05) is 13.2 Å². The molecule has 1 unspecified atom stereocenters. The van der Waals surface area contributed by atoms with Gasteiger partial charge in [0.1, 0.15) is 13.2 Å². The number of carbonyl (C=O) groups is 3. The Morgan fingerprint density at radius 1 is 0.339 bits per heavy atom. The van der Waals surface area contributed by atoms with E-state index in [-0.39, 0.29) is 31.1 Å². The second-order valence-corrected chi connectivity index (χ2v) is 17.1. The van der Waals surface area contributed by atoms with E-state index in [1.165, 1.54) is 83.5 Å². The molecule has 6 nitrogen and oxygen atoms in total. The monoisotopic (exact) mass is 865 g/mol. The maximum absolute atomic E-state index is 12.8. The average molecular weight is 865 g/mol. The van der Waals surface area contributed by atoms with Gasteiger partial charge in [-0.1, -0.05) is 209 Å². The van der Waals surface area contributed by atoms with E-state index in [2.05, 4.69) is 93.7 Å². The molecule has 0 N–H and O–H groups in total. The first-order valence-electron chi connectivity index (χ1n) is 25.9. The average Bonchev–Trinajstić information content (AvgIpc) is 3.27. The summed E-state index contributed by atoms with van der Waals surface area (Å²) in [5, 5.41) is 0. The molecule has 0 aliphatic carbocycles. The molecule has 6 heteroatoms. The largest absolute Gasteiger partial charge is 0.462 e. The van der Waals surface area contributed by atoms with Crippen molar-refractivity contribution in [3.8, 4) is 0 Å². The number of unbranched alkanes of at least 4 members (excludes halogenated alkanes) is 23. The second-order valence-electron chi connectivity index (χ2n) is 17.1. The molecule has 0 aromatic carbocycles. The Balaban J connectivity index is 4.44. The van der Waals surface area contributed by atoms with Crippen LogP contribution in [0.3, 0.4) is 0 Å². The maximum atomic E-state index is 12.8. The molecule has 62 heavy (non-hydrogen) atoms. The molecule has 0 radical (unpaired) electrons. The molecule has 0 aliphatic rings. The van der Waals surface area contributed by atoms with E-state index >= 15 is 0 Å². The molecule has 1 atom stereocenters. The van der Waals surface area contributed by atoms with Crippen LogP contribution in [0.15, 0.2) is 72.9 Å². The SMILES string of the molecule is CC/C=C\C/C=C\C/C=C\C/C=C\CCCCCCC(=O)OCC(COC(=O)CCCCCCCCCCCCCC)OC(=O)CCCCCCC/C=C\C/C=C\CCCCC. The van der Waals surface area contributed by atoms with Crippen molar-refractivity contribution >= 4 is 17.9 Å². The van der Waals surface area contributed by atoms with Gasteiger partial charge in [0, 0.05) is 19.3 Å². The van der Waals surface area contributed by atoms with Gasteiger partial charge in [-0.25, -0.2) is 0 Å². The highest BCUT2D eigenvalue weighted by molar-refractivity contribution is 5.71. The summed E-state index contributed by atoms with van der Waals surface area (Å²) in [5.41, 5.74) is 0. The van der Waals surface area contributed by atoms with Gasteiger partial charge in [-0.05, 0) is 89.9 Å². The third kappa shape index (κ3) is 47.9. The zero-order valence-electron chi connectivity index (χ0n) is 40.6. The Bertz CT molecular complexity index is 1180. The van der Waals surface area contributed by atoms with Gasteiger partial charge in [-0.2, -0.15) is 0 Å². The highest BCUT2D eigenvalue weighted by Crippen LogP contribution is 2.14. The van der Waals surface area contributed by atoms with Crippen LogP contribution in [-0.4, -0.2) is 37.2 Å². The first kappa shape index (κ1) is 58.9. The van der Waals surface area contributed by atoms with Crippen molar-refractivity contribution in [3.05, 3.63) is 72.9 Å². The summed E-state index contributed by atoms with van der Waals surface area (Å²) in [6, 6.07) is 0. The molecule has 0 rings (SSSR count). The summed E-state index contributed by atoms with van der Waals surface area (Å²) < 4.78 is 16.8. The molecule has 0 amide bonds. The molecule has 0 saturated heterocycles. The van der Waals surface area contributed by atoms with Gasteiger partial charge in [-0.3, -0.25) is 14.4 Å². The van der Waals surface area contributed by atoms with Gasteiger partial charge in [0.2, 0.25) is 0 Å². The van der Waals surface area contributed by atoms with Crippen LogP contribution in [-0.2, 0) is 28.6 Å². The van der Waals surface area contributed by atoms with Gasteiger partial charge in [0.15, 0.2) is 6.10 Å². The molecule has 0 saturated carbocycles. The van der Waals surface area contributed by atoms with Crippen molar-refractivity contribution in [1.29, 1.82) is 0 Å². The Morgan fingerprint density at radius 3 is 1.02 bits per heavy atom. The summed E-state index contributed by atoms with van der Waals surface area (Å²) in [6.07, 6.45) is 63.1. The fourth-order valence-electron chi connectivity index (χ4n) is 7.05. The van der Waals surface area contributed by atoms with Crippen LogP contribution in [0.5, 0.6) is 0 Å². The van der Waals surface area contributed by atoms with Crippen LogP contribution >= 0.6 is 0 Å². The van der Waals surface area contributed by atoms with Crippen molar-refractivity contribution in [2.45, 2.75) is 252 Å². The van der Waals surface area contributed by atoms with Gasteiger partial charge in [-0.15, -0.1) is 0 Å². The highest BCUT2D eigenvalue weighted by Gasteiger charge is 2.19. The highest BCUT2D eigenvalue weighted by atomic mass is 16.6. The van der Waals surface area contributed by atoms with Crippen LogP contribution in [0.2, 0.25) is 0 Å². The number of hydrogen-bond donors (Lipinski definition) is 0. The van der Waals surface area contributed by atoms with Gasteiger partial charge in [0.25, 0.3) is 0 Å². The Hall–Kier alpha value is -3.15.